The van der Waals surface area contributed by atoms with Gasteiger partial charge in [0.1, 0.15) is 6.10 Å². The maximum atomic E-state index is 13.7. The van der Waals surface area contributed by atoms with Gasteiger partial charge >= 0.3 is 6.18 Å². The molecule has 0 saturated carbocycles. The van der Waals surface area contributed by atoms with E-state index in [2.05, 4.69) is 5.10 Å². The Labute approximate surface area is 135 Å². The van der Waals surface area contributed by atoms with Crippen molar-refractivity contribution in [1.29, 1.82) is 0 Å². The third-order valence-electron chi connectivity index (χ3n) is 4.12. The molecule has 0 fully saturated rings. The zero-order chi connectivity index (χ0) is 18.5. The number of halogens is 5. The van der Waals surface area contributed by atoms with Crippen molar-refractivity contribution in [2.45, 2.75) is 56.0 Å². The summed E-state index contributed by atoms with van der Waals surface area (Å²) in [5.74, 6) is -5.17. The van der Waals surface area contributed by atoms with E-state index in [1.165, 1.54) is 0 Å². The summed E-state index contributed by atoms with van der Waals surface area (Å²) in [6.45, 7) is 0.688. The van der Waals surface area contributed by atoms with E-state index in [0.29, 0.717) is 0 Å². The minimum absolute atomic E-state index is 0.0447. The van der Waals surface area contributed by atoms with Crippen LogP contribution in [0.3, 0.4) is 0 Å². The lowest BCUT2D eigenvalue weighted by Gasteiger charge is -2.28. The molecule has 1 aliphatic rings. The standard InChI is InChI=1S/C13H17F5N2O3S/c1-7(13(16,17)18)4-6-20-8-3-5-12(14,15)10(21)9(8)11(19-20)24(2,22)23/h7,10,21H,3-6H2,1-2H3. The van der Waals surface area contributed by atoms with Gasteiger partial charge in [-0.15, -0.1) is 0 Å². The maximum Gasteiger partial charge on any atom is 0.391 e. The molecule has 0 aromatic carbocycles. The van der Waals surface area contributed by atoms with Gasteiger partial charge in [0.25, 0.3) is 5.92 Å². The summed E-state index contributed by atoms with van der Waals surface area (Å²) in [7, 11) is -4.02. The van der Waals surface area contributed by atoms with E-state index in [0.717, 1.165) is 17.9 Å². The molecule has 2 atom stereocenters. The second-order valence-corrected chi connectivity index (χ2v) is 7.99. The van der Waals surface area contributed by atoms with Crippen molar-refractivity contribution in [3.63, 3.8) is 0 Å². The summed E-state index contributed by atoms with van der Waals surface area (Å²) < 4.78 is 89.7. The fourth-order valence-corrected chi connectivity index (χ4v) is 3.47. The predicted molar refractivity (Wildman–Crippen MR) is 73.4 cm³/mol. The molecule has 0 spiro atoms. The lowest BCUT2D eigenvalue weighted by Crippen LogP contribution is -2.33. The van der Waals surface area contributed by atoms with Crippen LogP contribution in [0.5, 0.6) is 0 Å². The van der Waals surface area contributed by atoms with Crippen LogP contribution in [0.25, 0.3) is 0 Å². The number of aryl methyl sites for hydroxylation is 1. The number of fused-ring (bicyclic) bond motifs is 1. The molecule has 11 heteroatoms. The normalized spacial score (nSPS) is 22.2. The number of rotatable bonds is 4. The fourth-order valence-electron chi connectivity index (χ4n) is 2.60. The molecule has 0 bridgehead atoms. The predicted octanol–water partition coefficient (Wildman–Crippen LogP) is 2.49. The highest BCUT2D eigenvalue weighted by Gasteiger charge is 2.48. The van der Waals surface area contributed by atoms with E-state index >= 15 is 0 Å². The summed E-state index contributed by atoms with van der Waals surface area (Å²) in [6.07, 6.45) is -7.41. The number of hydrogen-bond donors (Lipinski definition) is 1. The molecule has 1 N–H and O–H groups in total. The summed E-state index contributed by atoms with van der Waals surface area (Å²) in [4.78, 5) is 0. The summed E-state index contributed by atoms with van der Waals surface area (Å²) >= 11 is 0. The van der Waals surface area contributed by atoms with Crippen LogP contribution in [0.15, 0.2) is 5.03 Å². The lowest BCUT2D eigenvalue weighted by molar-refractivity contribution is -0.171. The van der Waals surface area contributed by atoms with E-state index in [-0.39, 0.29) is 25.1 Å². The monoisotopic (exact) mass is 376 g/mol. The summed E-state index contributed by atoms with van der Waals surface area (Å²) in [5, 5.41) is 12.8. The van der Waals surface area contributed by atoms with Crippen molar-refractivity contribution in [3.8, 4) is 0 Å². The molecular weight excluding hydrogens is 359 g/mol. The van der Waals surface area contributed by atoms with Crippen LogP contribution in [-0.2, 0) is 22.8 Å². The molecule has 0 saturated heterocycles. The van der Waals surface area contributed by atoms with Gasteiger partial charge in [0.15, 0.2) is 14.9 Å². The average Bonchev–Trinajstić information content (AvgIpc) is 2.78. The molecule has 5 nitrogen and oxygen atoms in total. The molecule has 1 aliphatic carbocycles. The molecular formula is C13H17F5N2O3S. The Morgan fingerprint density at radius 3 is 2.50 bits per heavy atom. The molecule has 2 rings (SSSR count). The van der Waals surface area contributed by atoms with Crippen molar-refractivity contribution < 1.29 is 35.5 Å². The van der Waals surface area contributed by atoms with Gasteiger partial charge in [0.2, 0.25) is 0 Å². The van der Waals surface area contributed by atoms with Gasteiger partial charge in [-0.25, -0.2) is 17.2 Å². The summed E-state index contributed by atoms with van der Waals surface area (Å²) in [6, 6.07) is 0. The molecule has 24 heavy (non-hydrogen) atoms. The molecule has 0 amide bonds. The first-order valence-electron chi connectivity index (χ1n) is 7.17. The first-order chi connectivity index (χ1) is 10.7. The highest BCUT2D eigenvalue weighted by molar-refractivity contribution is 7.90. The third kappa shape index (κ3) is 3.56. The minimum atomic E-state index is -4.42. The topological polar surface area (TPSA) is 72.2 Å². The van der Waals surface area contributed by atoms with Gasteiger partial charge in [0, 0.05) is 30.5 Å². The lowest BCUT2D eigenvalue weighted by atomic mass is 9.91. The van der Waals surface area contributed by atoms with Crippen molar-refractivity contribution in [3.05, 3.63) is 11.3 Å². The second kappa shape index (κ2) is 5.94. The number of alkyl halides is 5. The highest BCUT2D eigenvalue weighted by atomic mass is 32.2. The van der Waals surface area contributed by atoms with Gasteiger partial charge in [0.05, 0.1) is 5.92 Å². The molecule has 2 unspecified atom stereocenters. The molecule has 138 valence electrons. The number of sulfone groups is 1. The Hall–Kier alpha value is -1.23. The fraction of sp³-hybridized carbons (Fsp3) is 0.769. The van der Waals surface area contributed by atoms with Gasteiger partial charge in [-0.05, 0) is 12.8 Å². The van der Waals surface area contributed by atoms with Crippen LogP contribution in [0.1, 0.15) is 37.1 Å². The van der Waals surface area contributed by atoms with Crippen molar-refractivity contribution in [2.24, 2.45) is 5.92 Å². The van der Waals surface area contributed by atoms with Crippen LogP contribution in [0.2, 0.25) is 0 Å². The molecule has 1 aromatic heterocycles. The zero-order valence-corrected chi connectivity index (χ0v) is 13.8. The number of nitrogens with zero attached hydrogens (tertiary/aromatic N) is 2. The smallest absolute Gasteiger partial charge is 0.382 e. The Morgan fingerprint density at radius 1 is 1.42 bits per heavy atom. The maximum absolute atomic E-state index is 13.7. The molecule has 0 radical (unpaired) electrons. The van der Waals surface area contributed by atoms with Crippen molar-refractivity contribution >= 4 is 9.84 Å². The second-order valence-electron chi connectivity index (χ2n) is 6.06. The van der Waals surface area contributed by atoms with Crippen LogP contribution in [0.4, 0.5) is 22.0 Å². The minimum Gasteiger partial charge on any atom is -0.382 e. The van der Waals surface area contributed by atoms with Crippen molar-refractivity contribution in [2.75, 3.05) is 6.26 Å². The van der Waals surface area contributed by atoms with Gasteiger partial charge in [-0.3, -0.25) is 4.68 Å². The number of aliphatic hydroxyl groups is 1. The van der Waals surface area contributed by atoms with Crippen LogP contribution >= 0.6 is 0 Å². The van der Waals surface area contributed by atoms with Crippen LogP contribution in [0, 0.1) is 5.92 Å². The Morgan fingerprint density at radius 2 is 2.00 bits per heavy atom. The summed E-state index contributed by atoms with van der Waals surface area (Å²) in [5.41, 5.74) is -0.461. The van der Waals surface area contributed by atoms with Gasteiger partial charge in [-0.2, -0.15) is 18.3 Å². The van der Waals surface area contributed by atoms with Gasteiger partial charge in [-0.1, -0.05) is 6.92 Å². The van der Waals surface area contributed by atoms with Crippen LogP contribution in [-0.4, -0.2) is 41.7 Å². The number of hydrogen-bond acceptors (Lipinski definition) is 4. The first-order valence-corrected chi connectivity index (χ1v) is 9.06. The largest absolute Gasteiger partial charge is 0.391 e. The molecule has 1 aromatic rings. The first kappa shape index (κ1) is 19.1. The number of aromatic nitrogens is 2. The SMILES string of the molecule is CC(CCn1nc(S(C)(=O)=O)c2c1CCC(F)(F)C2O)C(F)(F)F. The van der Waals surface area contributed by atoms with E-state index in [4.69, 9.17) is 0 Å². The van der Waals surface area contributed by atoms with Crippen molar-refractivity contribution in [1.82, 2.24) is 9.78 Å². The third-order valence-corrected chi connectivity index (χ3v) is 5.12. The van der Waals surface area contributed by atoms with E-state index in [1.54, 1.807) is 0 Å². The van der Waals surface area contributed by atoms with E-state index in [1.807, 2.05) is 0 Å². The van der Waals surface area contributed by atoms with Gasteiger partial charge < -0.3 is 5.11 Å². The molecule has 0 aliphatic heterocycles. The van der Waals surface area contributed by atoms with E-state index in [9.17, 15) is 35.5 Å². The molecule has 1 heterocycles. The Kier molecular flexibility index (Phi) is 4.73. The van der Waals surface area contributed by atoms with E-state index < -0.39 is 51.0 Å². The quantitative estimate of drug-likeness (QED) is 0.820. The highest BCUT2D eigenvalue weighted by Crippen LogP contribution is 2.44. The van der Waals surface area contributed by atoms with Crippen LogP contribution < -0.4 is 0 Å². The Bertz CT molecular complexity index is 727. The Balaban J connectivity index is 2.42. The zero-order valence-electron chi connectivity index (χ0n) is 12.9. The number of aliphatic hydroxyl groups excluding tert-OH is 1. The average molecular weight is 376 g/mol.